The van der Waals surface area contributed by atoms with Gasteiger partial charge in [0.25, 0.3) is 10.0 Å². The van der Waals surface area contributed by atoms with E-state index in [1.165, 1.54) is 22.8 Å². The summed E-state index contributed by atoms with van der Waals surface area (Å²) in [6.45, 7) is -0.202. The van der Waals surface area contributed by atoms with Gasteiger partial charge in [-0.1, -0.05) is 11.6 Å². The molecule has 0 radical (unpaired) electrons. The number of aliphatic hydroxyl groups excluding tert-OH is 1. The zero-order valence-corrected chi connectivity index (χ0v) is 13.5. The van der Waals surface area contributed by atoms with E-state index in [9.17, 15) is 8.42 Å². The highest BCUT2D eigenvalue weighted by Gasteiger charge is 2.20. The van der Waals surface area contributed by atoms with Gasteiger partial charge in [0.05, 0.1) is 33.9 Å². The summed E-state index contributed by atoms with van der Waals surface area (Å²) in [5.41, 5.74) is 1.19. The molecule has 110 valence electrons. The number of aromatic nitrogens is 2. The Kier molecular flexibility index (Phi) is 3.84. The van der Waals surface area contributed by atoms with Crippen LogP contribution >= 0.6 is 34.7 Å². The number of anilines is 1. The van der Waals surface area contributed by atoms with E-state index in [4.69, 9.17) is 16.7 Å². The van der Waals surface area contributed by atoms with Gasteiger partial charge in [-0.05, 0) is 18.2 Å². The van der Waals surface area contributed by atoms with Crippen LogP contribution in [0.1, 0.15) is 4.88 Å². The van der Waals surface area contributed by atoms with Gasteiger partial charge in [0, 0.05) is 10.3 Å². The van der Waals surface area contributed by atoms with Gasteiger partial charge in [-0.15, -0.1) is 11.3 Å². The van der Waals surface area contributed by atoms with Crippen molar-refractivity contribution in [3.05, 3.63) is 33.5 Å². The van der Waals surface area contributed by atoms with Crippen LogP contribution in [-0.2, 0) is 16.6 Å². The number of benzene rings is 1. The van der Waals surface area contributed by atoms with Crippen molar-refractivity contribution in [2.75, 3.05) is 4.72 Å². The molecule has 21 heavy (non-hydrogen) atoms. The topological polar surface area (TPSA) is 92.2 Å². The minimum absolute atomic E-state index is 0.0767. The Hall–Kier alpha value is -1.26. The van der Waals surface area contributed by atoms with Crippen molar-refractivity contribution in [2.24, 2.45) is 0 Å². The minimum Gasteiger partial charge on any atom is -0.391 e. The second kappa shape index (κ2) is 5.50. The molecular formula is C11H8ClN3O3S3. The van der Waals surface area contributed by atoms with Crippen LogP contribution in [0.2, 0.25) is 5.02 Å². The largest absolute Gasteiger partial charge is 0.391 e. The van der Waals surface area contributed by atoms with Crippen molar-refractivity contribution in [3.8, 4) is 0 Å². The zero-order chi connectivity index (χ0) is 15.0. The van der Waals surface area contributed by atoms with Crippen LogP contribution in [0.4, 0.5) is 5.69 Å². The van der Waals surface area contributed by atoms with E-state index >= 15 is 0 Å². The van der Waals surface area contributed by atoms with E-state index in [1.807, 2.05) is 0 Å². The molecule has 0 fully saturated rings. The molecule has 6 nitrogen and oxygen atoms in total. The molecule has 3 aromatic rings. The lowest BCUT2D eigenvalue weighted by molar-refractivity contribution is 0.285. The fourth-order valence-corrected chi connectivity index (χ4v) is 4.72. The number of thiophene rings is 1. The van der Waals surface area contributed by atoms with Crippen molar-refractivity contribution < 1.29 is 13.5 Å². The van der Waals surface area contributed by atoms with Gasteiger partial charge in [-0.3, -0.25) is 4.72 Å². The number of hydrogen-bond acceptors (Lipinski definition) is 7. The van der Waals surface area contributed by atoms with Crippen LogP contribution in [0.3, 0.4) is 0 Å². The highest BCUT2D eigenvalue weighted by Crippen LogP contribution is 2.32. The molecule has 0 atom stereocenters. The summed E-state index contributed by atoms with van der Waals surface area (Å²) >= 11 is 8.21. The molecule has 0 aliphatic heterocycles. The third kappa shape index (κ3) is 2.74. The molecule has 0 saturated heterocycles. The summed E-state index contributed by atoms with van der Waals surface area (Å²) < 4.78 is 35.3. The second-order valence-corrected chi connectivity index (χ2v) is 7.68. The van der Waals surface area contributed by atoms with Crippen molar-refractivity contribution in [2.45, 2.75) is 11.5 Å². The van der Waals surface area contributed by atoms with E-state index in [0.29, 0.717) is 15.9 Å². The summed E-state index contributed by atoms with van der Waals surface area (Å²) in [6.07, 6.45) is 0. The predicted molar refractivity (Wildman–Crippen MR) is 83.5 cm³/mol. The van der Waals surface area contributed by atoms with Gasteiger partial charge >= 0.3 is 0 Å². The lowest BCUT2D eigenvalue weighted by atomic mass is 10.3. The van der Waals surface area contributed by atoms with Crippen LogP contribution in [0.5, 0.6) is 0 Å². The van der Waals surface area contributed by atoms with E-state index in [-0.39, 0.29) is 22.2 Å². The average molecular weight is 362 g/mol. The molecule has 0 aliphatic rings. The number of halogens is 1. The molecule has 0 aliphatic carbocycles. The van der Waals surface area contributed by atoms with Crippen LogP contribution in [0, 0.1) is 0 Å². The standard InChI is InChI=1S/C11H8ClN3O3S3/c12-8-1-2-9-11(14-20-13-9)10(8)15-21(17,18)7-3-6(4-16)19-5-7/h1-3,5,15-16H,4H2. The number of hydrogen-bond donors (Lipinski definition) is 2. The number of nitrogens with one attached hydrogen (secondary N) is 1. The van der Waals surface area contributed by atoms with Gasteiger partial charge in [-0.25, -0.2) is 8.42 Å². The molecule has 2 heterocycles. The maximum Gasteiger partial charge on any atom is 0.262 e. The maximum atomic E-state index is 12.4. The van der Waals surface area contributed by atoms with Crippen molar-refractivity contribution >= 4 is 61.4 Å². The highest BCUT2D eigenvalue weighted by molar-refractivity contribution is 7.92. The minimum atomic E-state index is -3.79. The fourth-order valence-electron chi connectivity index (χ4n) is 1.70. The Balaban J connectivity index is 2.04. The van der Waals surface area contributed by atoms with Crippen LogP contribution in [0.25, 0.3) is 11.0 Å². The number of fused-ring (bicyclic) bond motifs is 1. The van der Waals surface area contributed by atoms with Crippen molar-refractivity contribution in [3.63, 3.8) is 0 Å². The fraction of sp³-hybridized carbons (Fsp3) is 0.0909. The number of sulfonamides is 1. The Morgan fingerprint density at radius 2 is 2.14 bits per heavy atom. The van der Waals surface area contributed by atoms with E-state index in [0.717, 1.165) is 11.7 Å². The maximum absolute atomic E-state index is 12.4. The molecule has 0 amide bonds. The Labute approximate surface area is 133 Å². The molecule has 0 spiro atoms. The van der Waals surface area contributed by atoms with Crippen LogP contribution < -0.4 is 4.72 Å². The molecule has 3 rings (SSSR count). The van der Waals surface area contributed by atoms with Crippen LogP contribution in [-0.4, -0.2) is 22.3 Å². The Morgan fingerprint density at radius 3 is 2.86 bits per heavy atom. The van der Waals surface area contributed by atoms with Gasteiger partial charge in [-0.2, -0.15) is 8.75 Å². The molecule has 0 unspecified atom stereocenters. The first kappa shape index (κ1) is 14.7. The number of rotatable bonds is 4. The first-order chi connectivity index (χ1) is 10.0. The summed E-state index contributed by atoms with van der Waals surface area (Å²) in [5.74, 6) is 0. The Morgan fingerprint density at radius 1 is 1.33 bits per heavy atom. The third-order valence-corrected chi connectivity index (χ3v) is 5.97. The van der Waals surface area contributed by atoms with Gasteiger partial charge in [0.1, 0.15) is 11.0 Å². The van der Waals surface area contributed by atoms with Crippen LogP contribution in [0.15, 0.2) is 28.5 Å². The average Bonchev–Trinajstić information content (AvgIpc) is 3.10. The molecule has 10 heteroatoms. The predicted octanol–water partition coefficient (Wildman–Crippen LogP) is 2.70. The Bertz CT molecular complexity index is 904. The summed E-state index contributed by atoms with van der Waals surface area (Å²) in [4.78, 5) is 0.641. The first-order valence-corrected chi connectivity index (χ1v) is 9.10. The number of aliphatic hydroxyl groups is 1. The summed E-state index contributed by atoms with van der Waals surface area (Å²) in [5, 5.41) is 10.7. The summed E-state index contributed by atoms with van der Waals surface area (Å²) in [6, 6.07) is 4.66. The lowest BCUT2D eigenvalue weighted by Crippen LogP contribution is -2.12. The quantitative estimate of drug-likeness (QED) is 0.745. The normalized spacial score (nSPS) is 11.9. The van der Waals surface area contributed by atoms with Crippen molar-refractivity contribution in [1.29, 1.82) is 0 Å². The van der Waals surface area contributed by atoms with Gasteiger partial charge in [0.15, 0.2) is 0 Å². The molecule has 2 aromatic heterocycles. The summed E-state index contributed by atoms with van der Waals surface area (Å²) in [7, 11) is -3.79. The van der Waals surface area contributed by atoms with Gasteiger partial charge < -0.3 is 5.11 Å². The number of nitrogens with zero attached hydrogens (tertiary/aromatic N) is 2. The van der Waals surface area contributed by atoms with Gasteiger partial charge in [0.2, 0.25) is 0 Å². The van der Waals surface area contributed by atoms with E-state index in [1.54, 1.807) is 12.1 Å². The van der Waals surface area contributed by atoms with E-state index < -0.39 is 10.0 Å². The SMILES string of the molecule is O=S(=O)(Nc1c(Cl)ccc2nsnc12)c1csc(CO)c1. The molecule has 1 aromatic carbocycles. The van der Waals surface area contributed by atoms with Crippen molar-refractivity contribution in [1.82, 2.24) is 8.75 Å². The first-order valence-electron chi connectivity index (χ1n) is 5.63. The molecule has 0 bridgehead atoms. The lowest BCUT2D eigenvalue weighted by Gasteiger charge is -2.08. The zero-order valence-electron chi connectivity index (χ0n) is 10.3. The monoisotopic (exact) mass is 361 g/mol. The molecule has 0 saturated carbocycles. The third-order valence-electron chi connectivity index (χ3n) is 2.71. The second-order valence-electron chi connectivity index (χ2n) is 4.07. The van der Waals surface area contributed by atoms with E-state index in [2.05, 4.69) is 13.5 Å². The smallest absolute Gasteiger partial charge is 0.262 e. The molecule has 2 N–H and O–H groups in total. The highest BCUT2D eigenvalue weighted by atomic mass is 35.5. The molecular weight excluding hydrogens is 354 g/mol.